The Bertz CT molecular complexity index is 1270. The summed E-state index contributed by atoms with van der Waals surface area (Å²) in [6.45, 7) is 1.59. The Balaban J connectivity index is 1.61. The number of nitrogens with two attached hydrogens (primary N) is 1. The summed E-state index contributed by atoms with van der Waals surface area (Å²) in [7, 11) is 2.05. The van der Waals surface area contributed by atoms with Crippen molar-refractivity contribution in [2.45, 2.75) is 19.4 Å². The molecule has 0 atom stereocenters. The molecule has 0 radical (unpaired) electrons. The lowest BCUT2D eigenvalue weighted by molar-refractivity contribution is 0.100. The van der Waals surface area contributed by atoms with Crippen LogP contribution in [0, 0.1) is 0 Å². The van der Waals surface area contributed by atoms with Crippen LogP contribution in [0.5, 0.6) is 0 Å². The number of hydrogen-bond donors (Lipinski definition) is 2. The maximum absolute atomic E-state index is 11.8. The smallest absolute Gasteiger partial charge is 0.252 e. The van der Waals surface area contributed by atoms with E-state index < -0.39 is 5.91 Å². The third-order valence-corrected chi connectivity index (χ3v) is 5.52. The Kier molecular flexibility index (Phi) is 4.74. The van der Waals surface area contributed by atoms with Crippen LogP contribution >= 0.6 is 0 Å². The van der Waals surface area contributed by atoms with Crippen LogP contribution in [-0.4, -0.2) is 34.6 Å². The van der Waals surface area contributed by atoms with Crippen LogP contribution in [0.1, 0.15) is 28.0 Å². The lowest BCUT2D eigenvalue weighted by Crippen LogP contribution is -2.27. The van der Waals surface area contributed by atoms with Gasteiger partial charge in [-0.15, -0.1) is 0 Å². The molecule has 0 unspecified atom stereocenters. The van der Waals surface area contributed by atoms with Crippen LogP contribution in [0.3, 0.4) is 0 Å². The SMILES string of the molecule is CN1CCCc2nc(-c3noc4c(C(N)=O)cccc34)nc(NCc3ccccc3)c21. The van der Waals surface area contributed by atoms with Crippen LogP contribution in [0.15, 0.2) is 53.1 Å². The highest BCUT2D eigenvalue weighted by molar-refractivity contribution is 6.06. The normalized spacial score (nSPS) is 13.3. The van der Waals surface area contributed by atoms with Gasteiger partial charge in [0.2, 0.25) is 0 Å². The molecule has 1 amide bonds. The average Bonchev–Trinajstić information content (AvgIpc) is 3.22. The molecule has 8 heteroatoms. The van der Waals surface area contributed by atoms with Crippen molar-refractivity contribution in [3.63, 3.8) is 0 Å². The second kappa shape index (κ2) is 7.71. The van der Waals surface area contributed by atoms with Crippen LogP contribution in [0.2, 0.25) is 0 Å². The van der Waals surface area contributed by atoms with Crippen molar-refractivity contribution in [1.29, 1.82) is 0 Å². The topological polar surface area (TPSA) is 110 Å². The summed E-state index contributed by atoms with van der Waals surface area (Å²) >= 11 is 0. The van der Waals surface area contributed by atoms with Crippen molar-refractivity contribution in [2.24, 2.45) is 5.73 Å². The Morgan fingerprint density at radius 1 is 1.16 bits per heavy atom. The molecule has 3 N–H and O–H groups in total. The zero-order valence-corrected chi connectivity index (χ0v) is 17.1. The van der Waals surface area contributed by atoms with E-state index in [0.717, 1.165) is 42.1 Å². The van der Waals surface area contributed by atoms with E-state index in [0.29, 0.717) is 29.0 Å². The third kappa shape index (κ3) is 3.46. The van der Waals surface area contributed by atoms with Crippen LogP contribution in [-0.2, 0) is 13.0 Å². The molecular weight excluding hydrogens is 392 g/mol. The van der Waals surface area contributed by atoms with Gasteiger partial charge in [-0.3, -0.25) is 4.79 Å². The van der Waals surface area contributed by atoms with Crippen molar-refractivity contribution < 1.29 is 9.32 Å². The largest absolute Gasteiger partial charge is 0.370 e. The quantitative estimate of drug-likeness (QED) is 0.515. The second-order valence-electron chi connectivity index (χ2n) is 7.63. The van der Waals surface area contributed by atoms with Gasteiger partial charge in [0.25, 0.3) is 5.91 Å². The van der Waals surface area contributed by atoms with Crippen LogP contribution in [0.4, 0.5) is 11.5 Å². The molecule has 0 bridgehead atoms. The Hall–Kier alpha value is -3.94. The molecule has 0 aliphatic carbocycles. The van der Waals surface area contributed by atoms with Gasteiger partial charge in [0.05, 0.1) is 16.6 Å². The van der Waals surface area contributed by atoms with E-state index >= 15 is 0 Å². The van der Waals surface area contributed by atoms with Crippen molar-refractivity contribution in [3.05, 3.63) is 65.4 Å². The Morgan fingerprint density at radius 3 is 2.81 bits per heavy atom. The summed E-state index contributed by atoms with van der Waals surface area (Å²) in [5, 5.41) is 8.32. The van der Waals surface area contributed by atoms with Crippen molar-refractivity contribution in [2.75, 3.05) is 23.8 Å². The minimum absolute atomic E-state index is 0.288. The Morgan fingerprint density at radius 2 is 2.00 bits per heavy atom. The molecular formula is C23H22N6O2. The van der Waals surface area contributed by atoms with E-state index in [1.165, 1.54) is 0 Å². The van der Waals surface area contributed by atoms with Crippen LogP contribution < -0.4 is 16.0 Å². The molecule has 1 aliphatic heterocycles. The van der Waals surface area contributed by atoms with E-state index in [2.05, 4.69) is 34.6 Å². The van der Waals surface area contributed by atoms with Crippen molar-refractivity contribution in [1.82, 2.24) is 15.1 Å². The molecule has 2 aromatic heterocycles. The number of benzene rings is 2. The zero-order valence-electron chi connectivity index (χ0n) is 17.1. The van der Waals surface area contributed by atoms with E-state index in [4.69, 9.17) is 20.2 Å². The van der Waals surface area contributed by atoms with Crippen molar-refractivity contribution >= 4 is 28.4 Å². The Labute approximate surface area is 179 Å². The lowest BCUT2D eigenvalue weighted by Gasteiger charge is -2.29. The minimum atomic E-state index is -0.563. The predicted molar refractivity (Wildman–Crippen MR) is 119 cm³/mol. The maximum atomic E-state index is 11.8. The minimum Gasteiger partial charge on any atom is -0.370 e. The molecule has 0 saturated heterocycles. The summed E-state index contributed by atoms with van der Waals surface area (Å²) in [6.07, 6.45) is 1.88. The highest BCUT2D eigenvalue weighted by Gasteiger charge is 2.25. The zero-order chi connectivity index (χ0) is 21.4. The number of amides is 1. The summed E-state index contributed by atoms with van der Waals surface area (Å²) in [4.78, 5) is 23.6. The fraction of sp³-hybridized carbons (Fsp3) is 0.217. The number of aromatic nitrogens is 3. The van der Waals surface area contributed by atoms with Gasteiger partial charge in [-0.25, -0.2) is 9.97 Å². The van der Waals surface area contributed by atoms with E-state index in [9.17, 15) is 4.79 Å². The molecule has 1 aliphatic rings. The van der Waals surface area contributed by atoms with Gasteiger partial charge in [-0.05, 0) is 30.5 Å². The van der Waals surface area contributed by atoms with Gasteiger partial charge in [0, 0.05) is 20.1 Å². The molecule has 0 fully saturated rings. The van der Waals surface area contributed by atoms with Crippen molar-refractivity contribution in [3.8, 4) is 11.5 Å². The van der Waals surface area contributed by atoms with Gasteiger partial charge in [0.1, 0.15) is 5.69 Å². The molecule has 3 heterocycles. The first kappa shape index (κ1) is 19.0. The average molecular weight is 414 g/mol. The predicted octanol–water partition coefficient (Wildman–Crippen LogP) is 3.38. The fourth-order valence-corrected chi connectivity index (χ4v) is 4.00. The molecule has 2 aromatic carbocycles. The molecule has 156 valence electrons. The first-order valence-electron chi connectivity index (χ1n) is 10.2. The number of aryl methyl sites for hydroxylation is 1. The van der Waals surface area contributed by atoms with E-state index in [-0.39, 0.29) is 5.56 Å². The molecule has 5 rings (SSSR count). The maximum Gasteiger partial charge on any atom is 0.252 e. The van der Waals surface area contributed by atoms with Gasteiger partial charge in [0.15, 0.2) is 22.9 Å². The summed E-state index contributed by atoms with van der Waals surface area (Å²) < 4.78 is 5.47. The third-order valence-electron chi connectivity index (χ3n) is 5.52. The number of nitrogens with zero attached hydrogens (tertiary/aromatic N) is 4. The number of hydrogen-bond acceptors (Lipinski definition) is 7. The van der Waals surface area contributed by atoms with Gasteiger partial charge in [-0.1, -0.05) is 41.6 Å². The van der Waals surface area contributed by atoms with Gasteiger partial charge >= 0.3 is 0 Å². The second-order valence-corrected chi connectivity index (χ2v) is 7.63. The number of fused-ring (bicyclic) bond motifs is 2. The molecule has 31 heavy (non-hydrogen) atoms. The van der Waals surface area contributed by atoms with E-state index in [1.54, 1.807) is 12.1 Å². The highest BCUT2D eigenvalue weighted by Crippen LogP contribution is 2.35. The molecule has 0 spiro atoms. The summed E-state index contributed by atoms with van der Waals surface area (Å²) in [5.74, 6) is 0.657. The summed E-state index contributed by atoms with van der Waals surface area (Å²) in [5.41, 5.74) is 9.75. The number of carbonyl (C=O) groups excluding carboxylic acids is 1. The van der Waals surface area contributed by atoms with Gasteiger partial charge in [-0.2, -0.15) is 0 Å². The fourth-order valence-electron chi connectivity index (χ4n) is 4.00. The highest BCUT2D eigenvalue weighted by atomic mass is 16.5. The lowest BCUT2D eigenvalue weighted by atomic mass is 10.1. The molecule has 8 nitrogen and oxygen atoms in total. The first-order valence-corrected chi connectivity index (χ1v) is 10.2. The molecule has 0 saturated carbocycles. The van der Waals surface area contributed by atoms with E-state index in [1.807, 2.05) is 24.3 Å². The number of carbonyl (C=O) groups is 1. The number of primary amides is 1. The first-order chi connectivity index (χ1) is 15.1. The molecule has 4 aromatic rings. The number of anilines is 2. The summed E-state index contributed by atoms with van der Waals surface area (Å²) in [6, 6.07) is 15.4. The number of rotatable bonds is 5. The van der Waals surface area contributed by atoms with Crippen LogP contribution in [0.25, 0.3) is 22.5 Å². The standard InChI is InChI=1S/C23H22N6O2/c1-29-12-6-11-17-19(29)23(25-13-14-7-3-2-4-8-14)27-22(26-17)18-15-9-5-10-16(21(24)30)20(15)31-28-18/h2-5,7-10H,6,11-13H2,1H3,(H2,24,30)(H,25,26,27). The number of nitrogens with one attached hydrogen (secondary N) is 1. The number of para-hydroxylation sites is 1. The van der Waals surface area contributed by atoms with Gasteiger partial charge < -0.3 is 20.5 Å². The monoisotopic (exact) mass is 414 g/mol.